The zero-order valence-corrected chi connectivity index (χ0v) is 10.2. The van der Waals surface area contributed by atoms with Crippen LogP contribution < -0.4 is 5.32 Å². The number of allylic oxidation sites excluding steroid dienone is 1. The van der Waals surface area contributed by atoms with Crippen LogP contribution in [0, 0.1) is 0 Å². The molecule has 0 saturated heterocycles. The number of nitrogens with zero attached hydrogens (tertiary/aromatic N) is 1. The van der Waals surface area contributed by atoms with Crippen LogP contribution in [0.3, 0.4) is 0 Å². The lowest BCUT2D eigenvalue weighted by atomic mass is 9.97. The van der Waals surface area contributed by atoms with Crippen LogP contribution >= 0.6 is 0 Å². The molecule has 0 aliphatic heterocycles. The highest BCUT2D eigenvalue weighted by Crippen LogP contribution is 2.19. The number of amides is 1. The van der Waals surface area contributed by atoms with Gasteiger partial charge in [0.2, 0.25) is 5.91 Å². The molecule has 3 nitrogen and oxygen atoms in total. The minimum Gasteiger partial charge on any atom is -0.354 e. The SMILES string of the molecule is O=C(CC1=CCCCC1)NCCn1cccc1. The van der Waals surface area contributed by atoms with Gasteiger partial charge in [0.1, 0.15) is 0 Å². The Bertz CT molecular complexity index is 379. The van der Waals surface area contributed by atoms with Gasteiger partial charge in [-0.1, -0.05) is 11.6 Å². The molecule has 0 saturated carbocycles. The van der Waals surface area contributed by atoms with Crippen LogP contribution in [0.5, 0.6) is 0 Å². The summed E-state index contributed by atoms with van der Waals surface area (Å²) in [6, 6.07) is 3.99. The first kappa shape index (κ1) is 12.0. The molecule has 1 aromatic heterocycles. The van der Waals surface area contributed by atoms with Gasteiger partial charge in [-0.05, 0) is 37.8 Å². The van der Waals surface area contributed by atoms with E-state index in [0.717, 1.165) is 19.4 Å². The average Bonchev–Trinajstić information content (AvgIpc) is 2.83. The van der Waals surface area contributed by atoms with Crippen LogP contribution in [0.15, 0.2) is 36.2 Å². The molecule has 17 heavy (non-hydrogen) atoms. The Kier molecular flexibility index (Phi) is 4.42. The third-order valence-electron chi connectivity index (χ3n) is 3.13. The number of hydrogen-bond acceptors (Lipinski definition) is 1. The lowest BCUT2D eigenvalue weighted by molar-refractivity contribution is -0.120. The molecule has 0 aromatic carbocycles. The van der Waals surface area contributed by atoms with Crippen molar-refractivity contribution in [3.63, 3.8) is 0 Å². The van der Waals surface area contributed by atoms with E-state index in [1.807, 2.05) is 24.5 Å². The first-order valence-electron chi connectivity index (χ1n) is 6.40. The molecule has 1 heterocycles. The van der Waals surface area contributed by atoms with E-state index in [1.165, 1.54) is 18.4 Å². The Morgan fingerprint density at radius 3 is 2.82 bits per heavy atom. The molecule has 3 heteroatoms. The second-order valence-corrected chi connectivity index (χ2v) is 4.56. The molecule has 0 fully saturated rings. The molecule has 0 unspecified atom stereocenters. The van der Waals surface area contributed by atoms with Crippen LogP contribution in [0.2, 0.25) is 0 Å². The predicted octanol–water partition coefficient (Wildman–Crippen LogP) is 2.49. The summed E-state index contributed by atoms with van der Waals surface area (Å²) in [5.41, 5.74) is 1.31. The van der Waals surface area contributed by atoms with Crippen molar-refractivity contribution in [1.82, 2.24) is 9.88 Å². The summed E-state index contributed by atoms with van der Waals surface area (Å²) in [5, 5.41) is 2.97. The largest absolute Gasteiger partial charge is 0.354 e. The van der Waals surface area contributed by atoms with Gasteiger partial charge in [-0.25, -0.2) is 0 Å². The molecule has 2 rings (SSSR count). The van der Waals surface area contributed by atoms with Crippen molar-refractivity contribution < 1.29 is 4.79 Å². The van der Waals surface area contributed by atoms with E-state index in [9.17, 15) is 4.79 Å². The van der Waals surface area contributed by atoms with Crippen LogP contribution in [-0.4, -0.2) is 17.0 Å². The minimum absolute atomic E-state index is 0.158. The molecular formula is C14H20N2O. The standard InChI is InChI=1S/C14H20N2O/c17-14(12-13-6-2-1-3-7-13)15-8-11-16-9-4-5-10-16/h4-6,9-10H,1-3,7-8,11-12H2,(H,15,17). The highest BCUT2D eigenvalue weighted by molar-refractivity contribution is 5.78. The fraction of sp³-hybridized carbons (Fsp3) is 0.500. The summed E-state index contributed by atoms with van der Waals surface area (Å²) < 4.78 is 2.07. The van der Waals surface area contributed by atoms with Crippen molar-refractivity contribution in [1.29, 1.82) is 0 Å². The fourth-order valence-corrected chi connectivity index (χ4v) is 2.18. The maximum absolute atomic E-state index is 11.7. The van der Waals surface area contributed by atoms with E-state index >= 15 is 0 Å². The second-order valence-electron chi connectivity index (χ2n) is 4.56. The number of hydrogen-bond donors (Lipinski definition) is 1. The van der Waals surface area contributed by atoms with Gasteiger partial charge in [0, 0.05) is 31.9 Å². The predicted molar refractivity (Wildman–Crippen MR) is 68.6 cm³/mol. The van der Waals surface area contributed by atoms with Crippen molar-refractivity contribution in [3.05, 3.63) is 36.2 Å². The highest BCUT2D eigenvalue weighted by atomic mass is 16.1. The Balaban J connectivity index is 1.65. The third-order valence-corrected chi connectivity index (χ3v) is 3.13. The zero-order chi connectivity index (χ0) is 11.9. The number of carbonyl (C=O) groups is 1. The smallest absolute Gasteiger partial charge is 0.224 e. The molecule has 1 aliphatic rings. The Labute approximate surface area is 103 Å². The molecule has 1 aliphatic carbocycles. The first-order valence-corrected chi connectivity index (χ1v) is 6.40. The van der Waals surface area contributed by atoms with Gasteiger partial charge in [-0.2, -0.15) is 0 Å². The highest BCUT2D eigenvalue weighted by Gasteiger charge is 2.08. The van der Waals surface area contributed by atoms with Gasteiger partial charge < -0.3 is 9.88 Å². The van der Waals surface area contributed by atoms with E-state index in [0.29, 0.717) is 13.0 Å². The van der Waals surface area contributed by atoms with Crippen molar-refractivity contribution in [2.24, 2.45) is 0 Å². The van der Waals surface area contributed by atoms with E-state index in [2.05, 4.69) is 16.0 Å². The lowest BCUT2D eigenvalue weighted by Gasteiger charge is -2.12. The summed E-state index contributed by atoms with van der Waals surface area (Å²) in [4.78, 5) is 11.7. The number of rotatable bonds is 5. The summed E-state index contributed by atoms with van der Waals surface area (Å²) in [6.07, 6.45) is 11.6. The molecule has 0 atom stereocenters. The minimum atomic E-state index is 0.158. The molecular weight excluding hydrogens is 212 g/mol. The van der Waals surface area contributed by atoms with Crippen LogP contribution in [0.4, 0.5) is 0 Å². The van der Waals surface area contributed by atoms with Gasteiger partial charge in [-0.15, -0.1) is 0 Å². The van der Waals surface area contributed by atoms with E-state index in [4.69, 9.17) is 0 Å². The van der Waals surface area contributed by atoms with Gasteiger partial charge >= 0.3 is 0 Å². The van der Waals surface area contributed by atoms with Crippen molar-refractivity contribution >= 4 is 5.91 Å². The molecule has 1 aromatic rings. The topological polar surface area (TPSA) is 34.0 Å². The molecule has 92 valence electrons. The van der Waals surface area contributed by atoms with Crippen LogP contribution in [0.1, 0.15) is 32.1 Å². The average molecular weight is 232 g/mol. The van der Waals surface area contributed by atoms with E-state index in [1.54, 1.807) is 0 Å². The van der Waals surface area contributed by atoms with Gasteiger partial charge in [0.15, 0.2) is 0 Å². The summed E-state index contributed by atoms with van der Waals surface area (Å²) >= 11 is 0. The number of aromatic nitrogens is 1. The first-order chi connectivity index (χ1) is 8.34. The number of carbonyl (C=O) groups excluding carboxylic acids is 1. The normalized spacial score (nSPS) is 15.4. The molecule has 1 amide bonds. The van der Waals surface area contributed by atoms with Gasteiger partial charge in [-0.3, -0.25) is 4.79 Å². The fourth-order valence-electron chi connectivity index (χ4n) is 2.18. The zero-order valence-electron chi connectivity index (χ0n) is 10.2. The van der Waals surface area contributed by atoms with Crippen molar-refractivity contribution in [3.8, 4) is 0 Å². The molecule has 1 N–H and O–H groups in total. The van der Waals surface area contributed by atoms with Gasteiger partial charge in [0.25, 0.3) is 0 Å². The summed E-state index contributed by atoms with van der Waals surface area (Å²) in [6.45, 7) is 1.55. The Morgan fingerprint density at radius 1 is 1.29 bits per heavy atom. The Hall–Kier alpha value is -1.51. The summed E-state index contributed by atoms with van der Waals surface area (Å²) in [7, 11) is 0. The second kappa shape index (κ2) is 6.28. The quantitative estimate of drug-likeness (QED) is 0.778. The summed E-state index contributed by atoms with van der Waals surface area (Å²) in [5.74, 6) is 0.158. The van der Waals surface area contributed by atoms with Crippen molar-refractivity contribution in [2.45, 2.75) is 38.6 Å². The number of nitrogens with one attached hydrogen (secondary N) is 1. The molecule has 0 radical (unpaired) electrons. The third kappa shape index (κ3) is 4.10. The van der Waals surface area contributed by atoms with Crippen LogP contribution in [-0.2, 0) is 11.3 Å². The van der Waals surface area contributed by atoms with Crippen LogP contribution in [0.25, 0.3) is 0 Å². The Morgan fingerprint density at radius 2 is 2.12 bits per heavy atom. The lowest BCUT2D eigenvalue weighted by Crippen LogP contribution is -2.27. The monoisotopic (exact) mass is 232 g/mol. The van der Waals surface area contributed by atoms with Crippen molar-refractivity contribution in [2.75, 3.05) is 6.54 Å². The molecule has 0 spiro atoms. The van der Waals surface area contributed by atoms with Gasteiger partial charge in [0.05, 0.1) is 0 Å². The maximum Gasteiger partial charge on any atom is 0.224 e. The van der Waals surface area contributed by atoms with E-state index in [-0.39, 0.29) is 5.91 Å². The van der Waals surface area contributed by atoms with E-state index < -0.39 is 0 Å². The molecule has 0 bridgehead atoms. The maximum atomic E-state index is 11.7.